The molecule has 0 atom stereocenters. The third kappa shape index (κ3) is 3.11. The number of rotatable bonds is 6. The van der Waals surface area contributed by atoms with Crippen LogP contribution in [0.3, 0.4) is 0 Å². The van der Waals surface area contributed by atoms with Crippen molar-refractivity contribution in [2.75, 3.05) is 11.9 Å². The maximum atomic E-state index is 11.1. The summed E-state index contributed by atoms with van der Waals surface area (Å²) in [6.07, 6.45) is 3.39. The standard InChI is InChI=1S/C13H18N6O/c1-3-6-15-11-8-12(17-10(4-2)16-11)19-7-5-9(18-19)13(14)20/h5,7-8H,3-4,6H2,1-2H3,(H2,14,20)(H,15,16,17). The summed E-state index contributed by atoms with van der Waals surface area (Å²) in [6, 6.07) is 3.36. The van der Waals surface area contributed by atoms with Gasteiger partial charge in [-0.2, -0.15) is 5.10 Å². The molecular formula is C13H18N6O. The Morgan fingerprint density at radius 3 is 2.80 bits per heavy atom. The molecule has 7 nitrogen and oxygen atoms in total. The third-order valence-electron chi connectivity index (χ3n) is 2.71. The summed E-state index contributed by atoms with van der Waals surface area (Å²) in [4.78, 5) is 19.9. The summed E-state index contributed by atoms with van der Waals surface area (Å²) < 4.78 is 1.53. The van der Waals surface area contributed by atoms with Crippen LogP contribution in [0.4, 0.5) is 5.82 Å². The summed E-state index contributed by atoms with van der Waals surface area (Å²) >= 11 is 0. The Labute approximate surface area is 117 Å². The number of carbonyl (C=O) groups excluding carboxylic acids is 1. The Hall–Kier alpha value is -2.44. The Bertz CT molecular complexity index is 607. The van der Waals surface area contributed by atoms with Gasteiger partial charge in [-0.3, -0.25) is 4.79 Å². The van der Waals surface area contributed by atoms with Crippen molar-refractivity contribution < 1.29 is 4.79 Å². The van der Waals surface area contributed by atoms with Crippen molar-refractivity contribution in [3.63, 3.8) is 0 Å². The number of carbonyl (C=O) groups is 1. The molecule has 2 heterocycles. The summed E-state index contributed by atoms with van der Waals surface area (Å²) in [5, 5.41) is 7.33. The van der Waals surface area contributed by atoms with E-state index in [9.17, 15) is 4.79 Å². The van der Waals surface area contributed by atoms with Crippen LogP contribution in [0.2, 0.25) is 0 Å². The second-order valence-electron chi connectivity index (χ2n) is 4.32. The number of nitrogens with zero attached hydrogens (tertiary/aromatic N) is 4. The lowest BCUT2D eigenvalue weighted by Gasteiger charge is -2.08. The monoisotopic (exact) mass is 274 g/mol. The molecule has 2 rings (SSSR count). The van der Waals surface area contributed by atoms with Crippen LogP contribution in [0.5, 0.6) is 0 Å². The van der Waals surface area contributed by atoms with Crippen molar-refractivity contribution in [3.05, 3.63) is 29.8 Å². The van der Waals surface area contributed by atoms with Gasteiger partial charge in [0.25, 0.3) is 5.91 Å². The van der Waals surface area contributed by atoms with E-state index in [0.29, 0.717) is 5.82 Å². The van der Waals surface area contributed by atoms with Gasteiger partial charge in [0, 0.05) is 25.2 Å². The zero-order chi connectivity index (χ0) is 14.5. The SMILES string of the molecule is CCCNc1cc(-n2ccc(C(N)=O)n2)nc(CC)n1. The number of amides is 1. The Morgan fingerprint density at radius 2 is 2.20 bits per heavy atom. The molecule has 0 aliphatic rings. The molecule has 0 radical (unpaired) electrons. The average molecular weight is 274 g/mol. The fraction of sp³-hybridized carbons (Fsp3) is 0.385. The summed E-state index contributed by atoms with van der Waals surface area (Å²) in [5.74, 6) is 1.53. The molecule has 1 amide bonds. The van der Waals surface area contributed by atoms with Crippen molar-refractivity contribution in [1.82, 2.24) is 19.7 Å². The van der Waals surface area contributed by atoms with E-state index in [4.69, 9.17) is 5.73 Å². The number of nitrogens with one attached hydrogen (secondary N) is 1. The molecule has 106 valence electrons. The Balaban J connectivity index is 2.35. The highest BCUT2D eigenvalue weighted by Gasteiger charge is 2.09. The van der Waals surface area contributed by atoms with Gasteiger partial charge < -0.3 is 11.1 Å². The summed E-state index contributed by atoms with van der Waals surface area (Å²) in [5.41, 5.74) is 5.41. The predicted octanol–water partition coefficient (Wildman–Crippen LogP) is 1.15. The van der Waals surface area contributed by atoms with Gasteiger partial charge in [0.15, 0.2) is 5.82 Å². The van der Waals surface area contributed by atoms with Crippen molar-refractivity contribution in [1.29, 1.82) is 0 Å². The van der Waals surface area contributed by atoms with E-state index in [2.05, 4.69) is 27.3 Å². The van der Waals surface area contributed by atoms with Crippen LogP contribution in [0.15, 0.2) is 18.3 Å². The van der Waals surface area contributed by atoms with Crippen molar-refractivity contribution in [3.8, 4) is 5.82 Å². The van der Waals surface area contributed by atoms with Crippen molar-refractivity contribution >= 4 is 11.7 Å². The molecule has 0 aromatic carbocycles. The normalized spacial score (nSPS) is 10.5. The smallest absolute Gasteiger partial charge is 0.269 e. The van der Waals surface area contributed by atoms with Gasteiger partial charge in [0.05, 0.1) is 0 Å². The van der Waals surface area contributed by atoms with Gasteiger partial charge in [0.1, 0.15) is 17.3 Å². The molecule has 20 heavy (non-hydrogen) atoms. The third-order valence-corrected chi connectivity index (χ3v) is 2.71. The largest absolute Gasteiger partial charge is 0.370 e. The summed E-state index contributed by atoms with van der Waals surface area (Å²) in [6.45, 7) is 4.91. The number of nitrogens with two attached hydrogens (primary N) is 1. The number of anilines is 1. The zero-order valence-electron chi connectivity index (χ0n) is 11.6. The lowest BCUT2D eigenvalue weighted by molar-refractivity contribution is 0.0995. The Morgan fingerprint density at radius 1 is 1.40 bits per heavy atom. The summed E-state index contributed by atoms with van der Waals surface area (Å²) in [7, 11) is 0. The van der Waals surface area contributed by atoms with E-state index in [1.54, 1.807) is 18.3 Å². The van der Waals surface area contributed by atoms with Gasteiger partial charge >= 0.3 is 0 Å². The number of aryl methyl sites for hydroxylation is 1. The van der Waals surface area contributed by atoms with Crippen LogP contribution in [0.1, 0.15) is 36.6 Å². The van der Waals surface area contributed by atoms with E-state index < -0.39 is 5.91 Å². The minimum absolute atomic E-state index is 0.213. The highest BCUT2D eigenvalue weighted by atomic mass is 16.1. The van der Waals surface area contributed by atoms with E-state index in [1.165, 1.54) is 4.68 Å². The van der Waals surface area contributed by atoms with E-state index >= 15 is 0 Å². The second-order valence-corrected chi connectivity index (χ2v) is 4.32. The van der Waals surface area contributed by atoms with Crippen LogP contribution < -0.4 is 11.1 Å². The molecule has 0 unspecified atom stereocenters. The fourth-order valence-electron chi connectivity index (χ4n) is 1.69. The van der Waals surface area contributed by atoms with E-state index in [0.717, 1.165) is 31.0 Å². The first-order valence-corrected chi connectivity index (χ1v) is 6.61. The van der Waals surface area contributed by atoms with Crippen LogP contribution in [-0.4, -0.2) is 32.2 Å². The van der Waals surface area contributed by atoms with E-state index in [-0.39, 0.29) is 5.69 Å². The van der Waals surface area contributed by atoms with Gasteiger partial charge in [-0.05, 0) is 12.5 Å². The number of hydrogen-bond donors (Lipinski definition) is 2. The lowest BCUT2D eigenvalue weighted by atomic mass is 10.4. The topological polar surface area (TPSA) is 98.7 Å². The quantitative estimate of drug-likeness (QED) is 0.823. The number of primary amides is 1. The molecule has 0 saturated carbocycles. The molecule has 0 fully saturated rings. The highest BCUT2D eigenvalue weighted by Crippen LogP contribution is 2.12. The molecule has 2 aromatic heterocycles. The first-order chi connectivity index (χ1) is 9.63. The molecule has 0 bridgehead atoms. The van der Waals surface area contributed by atoms with Crippen LogP contribution in [0.25, 0.3) is 5.82 Å². The molecular weight excluding hydrogens is 256 g/mol. The van der Waals surface area contributed by atoms with Gasteiger partial charge in [-0.15, -0.1) is 0 Å². The predicted molar refractivity (Wildman–Crippen MR) is 75.8 cm³/mol. The van der Waals surface area contributed by atoms with Gasteiger partial charge in [-0.1, -0.05) is 13.8 Å². The molecule has 0 saturated heterocycles. The molecule has 2 aromatic rings. The van der Waals surface area contributed by atoms with Crippen LogP contribution >= 0.6 is 0 Å². The minimum Gasteiger partial charge on any atom is -0.370 e. The average Bonchev–Trinajstić information content (AvgIpc) is 2.94. The number of hydrogen-bond acceptors (Lipinski definition) is 5. The van der Waals surface area contributed by atoms with Gasteiger partial charge in [0.2, 0.25) is 0 Å². The first-order valence-electron chi connectivity index (χ1n) is 6.61. The Kier molecular flexibility index (Phi) is 4.29. The van der Waals surface area contributed by atoms with Crippen LogP contribution in [-0.2, 0) is 6.42 Å². The molecule has 0 aliphatic heterocycles. The maximum Gasteiger partial charge on any atom is 0.269 e. The van der Waals surface area contributed by atoms with Crippen molar-refractivity contribution in [2.24, 2.45) is 5.73 Å². The molecule has 0 spiro atoms. The molecule has 7 heteroatoms. The lowest BCUT2D eigenvalue weighted by Crippen LogP contribution is -2.13. The van der Waals surface area contributed by atoms with Crippen LogP contribution in [0, 0.1) is 0 Å². The first kappa shape index (κ1) is 14.0. The second kappa shape index (κ2) is 6.14. The van der Waals surface area contributed by atoms with E-state index in [1.807, 2.05) is 6.92 Å². The number of aromatic nitrogens is 4. The maximum absolute atomic E-state index is 11.1. The molecule has 3 N–H and O–H groups in total. The minimum atomic E-state index is -0.558. The fourth-order valence-corrected chi connectivity index (χ4v) is 1.69. The molecule has 0 aliphatic carbocycles. The zero-order valence-corrected chi connectivity index (χ0v) is 11.6. The highest BCUT2D eigenvalue weighted by molar-refractivity contribution is 5.90. The van der Waals surface area contributed by atoms with Crippen molar-refractivity contribution in [2.45, 2.75) is 26.7 Å². The van der Waals surface area contributed by atoms with Gasteiger partial charge in [-0.25, -0.2) is 14.6 Å².